The van der Waals surface area contributed by atoms with E-state index in [1.165, 1.54) is 439 Å². The summed E-state index contributed by atoms with van der Waals surface area (Å²) in [6.07, 6.45) is 62.1. The molecule has 28 rings (SSSR count). The molecule has 8 saturated carbocycles. The first-order chi connectivity index (χ1) is 68.9. The van der Waals surface area contributed by atoms with Gasteiger partial charge in [-0.3, -0.25) is 19.9 Å². The topological polar surface area (TPSA) is 84.7 Å². The average molecular weight is 1850 g/mol. The van der Waals surface area contributed by atoms with Crippen LogP contribution in [0, 0.1) is 27.7 Å². The van der Waals surface area contributed by atoms with E-state index in [1.54, 1.807) is 38.9 Å². The molecule has 8 fully saturated rings. The van der Waals surface area contributed by atoms with Crippen LogP contribution in [0.3, 0.4) is 0 Å². The minimum absolute atomic E-state index is 0.642. The molecule has 0 unspecified atom stereocenters. The zero-order chi connectivity index (χ0) is 94.1. The quantitative estimate of drug-likeness (QED) is 0.112. The molecule has 0 atom stereocenters. The van der Waals surface area contributed by atoms with E-state index in [-0.39, 0.29) is 0 Å². The number of imidazole rings is 4. The number of rotatable bonds is 8. The van der Waals surface area contributed by atoms with Crippen LogP contribution in [0.2, 0.25) is 0 Å². The predicted octanol–water partition coefficient (Wildman–Crippen LogP) is 32.1. The number of hydrogen-bond donors (Lipinski definition) is 0. The van der Waals surface area contributed by atoms with Crippen LogP contribution in [0.1, 0.15) is 371 Å². The molecule has 8 aliphatic rings. The van der Waals surface area contributed by atoms with Crippen LogP contribution in [0.5, 0.6) is 0 Å². The van der Waals surface area contributed by atoms with E-state index < -0.39 is 0 Å². The number of aryl methyl sites for hydroxylation is 8. The second-order valence-corrected chi connectivity index (χ2v) is 44.8. The van der Waals surface area contributed by atoms with E-state index in [0.717, 1.165) is 0 Å². The molecule has 0 radical (unpaired) electrons. The Bertz CT molecular complexity index is 8170. The van der Waals surface area contributed by atoms with E-state index in [1.807, 2.05) is 24.8 Å². The smallest absolute Gasteiger partial charge is 0.255 e. The highest BCUT2D eigenvalue weighted by Gasteiger charge is 2.39. The van der Waals surface area contributed by atoms with Gasteiger partial charge in [0.05, 0.1) is 93.3 Å². The van der Waals surface area contributed by atoms with Crippen LogP contribution in [0.25, 0.3) is 154 Å². The van der Waals surface area contributed by atoms with Crippen LogP contribution in [0.4, 0.5) is 0 Å². The molecule has 0 N–H and O–H groups in total. The van der Waals surface area contributed by atoms with Gasteiger partial charge in [0.2, 0.25) is 0 Å². The van der Waals surface area contributed by atoms with Gasteiger partial charge in [0.15, 0.2) is 44.1 Å². The first-order valence-corrected chi connectivity index (χ1v) is 55.5. The fourth-order valence-electron chi connectivity index (χ4n) is 29.8. The van der Waals surface area contributed by atoms with Crippen molar-refractivity contribution in [2.75, 3.05) is 0 Å². The van der Waals surface area contributed by atoms with Gasteiger partial charge < -0.3 is 0 Å². The Morgan fingerprint density at radius 2 is 0.507 bits per heavy atom. The molecule has 140 heavy (non-hydrogen) atoms. The van der Waals surface area contributed by atoms with Crippen molar-refractivity contribution in [2.45, 2.75) is 332 Å². The Hall–Kier alpha value is -11.8. The number of nitrogens with zero attached hydrogens (tertiary/aromatic N) is 12. The molecule has 8 aliphatic carbocycles. The summed E-state index contributed by atoms with van der Waals surface area (Å²) in [4.78, 5) is 20.5. The van der Waals surface area contributed by atoms with Gasteiger partial charge in [-0.15, -0.1) is 0 Å². The molecule has 12 aromatic heterocycles. The fourth-order valence-corrected chi connectivity index (χ4v) is 29.8. The maximum atomic E-state index is 5.15. The van der Waals surface area contributed by atoms with Gasteiger partial charge in [0.25, 0.3) is 22.6 Å². The number of fused-ring (bicyclic) bond motifs is 32. The summed E-state index contributed by atoms with van der Waals surface area (Å²) in [6.45, 7) is 9.04. The second kappa shape index (κ2) is 37.6. The standard InChI is InChI=1S/4C32H36N3/c1-21-19-20-33-30-28(21)32-34(2)27-18-10-16-25(23-13-7-4-8-14-23)31(27)35(32)26-17-9-15-24(29(26)30)22-11-5-3-6-12-22;1-21-17-18-33-31-29(21)32-34(2)26-15-9-10-16-27(26)35(32)28-20-24(22-11-5-3-6-12-22)19-25(30(28)31)23-13-7-4-8-14-23;1-21-19-20-33-30-28(21)32-34(2)26-15-9-10-16-27(26)35(32)31-25(23-13-7-4-8-14-23)18-17-24(29(30)31)22-11-5-3-6-12-22;1-21-19-20-33-31-28(21)32-34(2)25-15-9-10-16-26(25)35(32)27-18-17-24(22-11-5-3-6-12-22)29(30(27)31)23-13-7-4-8-14-23/h4*9-10,15-20,22-23H,3-8,11-14H2,1-2H3/q4*+1. The zero-order valence-electron chi connectivity index (χ0n) is 84.7. The third-order valence-corrected chi connectivity index (χ3v) is 36.7. The molecular weight excluding hydrogens is 1710 g/mol. The Morgan fingerprint density at radius 3 is 0.964 bits per heavy atom. The number of hydrogen-bond acceptors (Lipinski definition) is 4. The van der Waals surface area contributed by atoms with Gasteiger partial charge in [-0.2, -0.15) is 17.6 Å². The summed E-state index contributed by atoms with van der Waals surface area (Å²) in [6, 6.07) is 64.8. The molecule has 12 nitrogen and oxygen atoms in total. The molecule has 0 saturated heterocycles. The van der Waals surface area contributed by atoms with Crippen LogP contribution in [0.15, 0.2) is 195 Å². The Labute approximate surface area is 825 Å². The van der Waals surface area contributed by atoms with E-state index in [4.69, 9.17) is 19.9 Å². The fraction of sp³-hybridized carbons (Fsp3) is 0.438. The van der Waals surface area contributed by atoms with Crippen molar-refractivity contribution in [3.63, 3.8) is 0 Å². The van der Waals surface area contributed by atoms with Crippen molar-refractivity contribution < 1.29 is 18.3 Å². The lowest BCUT2D eigenvalue weighted by Crippen LogP contribution is -2.27. The lowest BCUT2D eigenvalue weighted by Gasteiger charge is -2.30. The van der Waals surface area contributed by atoms with Gasteiger partial charge in [0, 0.05) is 35.9 Å². The second-order valence-electron chi connectivity index (χ2n) is 44.8. The zero-order valence-corrected chi connectivity index (χ0v) is 84.7. The molecular formula is C128H144N12+4. The molecule has 0 spiro atoms. The first kappa shape index (κ1) is 89.6. The van der Waals surface area contributed by atoms with Crippen LogP contribution >= 0.6 is 0 Å². The summed E-state index contributed by atoms with van der Waals surface area (Å²) in [5.41, 5.74) is 43.8. The monoisotopic (exact) mass is 1850 g/mol. The highest BCUT2D eigenvalue weighted by Crippen LogP contribution is 2.53. The van der Waals surface area contributed by atoms with E-state index in [0.29, 0.717) is 47.3 Å². The van der Waals surface area contributed by atoms with Gasteiger partial charge in [-0.05, 0) is 318 Å². The molecule has 20 aromatic rings. The first-order valence-electron chi connectivity index (χ1n) is 55.5. The lowest BCUT2D eigenvalue weighted by atomic mass is 9.74. The summed E-state index contributed by atoms with van der Waals surface area (Å²) < 4.78 is 20.0. The van der Waals surface area contributed by atoms with Crippen LogP contribution in [-0.2, 0) is 28.2 Å². The Morgan fingerprint density at radius 1 is 0.214 bits per heavy atom. The maximum absolute atomic E-state index is 5.15. The van der Waals surface area contributed by atoms with Crippen LogP contribution in [-0.4, -0.2) is 37.5 Å². The van der Waals surface area contributed by atoms with Gasteiger partial charge in [0.1, 0.15) is 22.1 Å². The summed E-state index contributed by atoms with van der Waals surface area (Å²) in [7, 11) is 8.93. The molecule has 12 heteroatoms. The van der Waals surface area contributed by atoms with Crippen molar-refractivity contribution >= 4 is 154 Å². The summed E-state index contributed by atoms with van der Waals surface area (Å²) in [5.74, 6) is 5.29. The minimum atomic E-state index is 0.642. The maximum Gasteiger partial charge on any atom is 0.297 e. The Balaban J connectivity index is 0.0000000985. The number of benzene rings is 8. The lowest BCUT2D eigenvalue weighted by molar-refractivity contribution is -0.617. The highest BCUT2D eigenvalue weighted by molar-refractivity contribution is 6.18. The predicted molar refractivity (Wildman–Crippen MR) is 581 cm³/mol. The average Bonchev–Trinajstić information content (AvgIpc) is 1.52. The van der Waals surface area contributed by atoms with Crippen molar-refractivity contribution in [2.24, 2.45) is 28.2 Å². The van der Waals surface area contributed by atoms with E-state index in [9.17, 15) is 0 Å². The number of aromatic nitrogens is 12. The van der Waals surface area contributed by atoms with Crippen molar-refractivity contribution in [3.8, 4) is 0 Å². The van der Waals surface area contributed by atoms with Crippen molar-refractivity contribution in [3.05, 3.63) is 261 Å². The van der Waals surface area contributed by atoms with Gasteiger partial charge in [-0.1, -0.05) is 239 Å². The van der Waals surface area contributed by atoms with Gasteiger partial charge >= 0.3 is 0 Å². The largest absolute Gasteiger partial charge is 0.297 e. The Kier molecular flexibility index (Phi) is 24.1. The molecule has 8 aromatic carbocycles. The van der Waals surface area contributed by atoms with Crippen LogP contribution < -0.4 is 18.3 Å². The SMILES string of the molecule is Cc1ccnc2c3c(C4CCCCC4)c(C4CCCCC4)ccc3n3c4ccccc4[n+](C)c3c12.Cc1ccnc2c3c(C4CCCCC4)cc(C4CCCCC4)cc3n3c4ccccc4[n+](C)c3c12.Cc1ccnc2c3c(C4CCCCC4)ccc(C4CCCCC4)c3n3c4ccccc4[n+](C)c3c12.Cc1ccnc2c3c(C4CCCCC4)cccc3n3c4c(C5CCCCC5)cccc4[n+](C)c3c12. The summed E-state index contributed by atoms with van der Waals surface area (Å²) in [5, 5.41) is 10.9. The molecule has 0 aliphatic heterocycles. The van der Waals surface area contributed by atoms with Crippen molar-refractivity contribution in [1.82, 2.24) is 37.5 Å². The third kappa shape index (κ3) is 15.0. The number of para-hydroxylation sites is 7. The molecule has 0 amide bonds. The van der Waals surface area contributed by atoms with E-state index in [2.05, 4.69) is 262 Å². The highest BCUT2D eigenvalue weighted by atomic mass is 15.1. The normalized spacial score (nSPS) is 18.3. The van der Waals surface area contributed by atoms with E-state index >= 15 is 0 Å². The molecule has 0 bridgehead atoms. The molecule has 12 heterocycles. The summed E-state index contributed by atoms with van der Waals surface area (Å²) >= 11 is 0. The minimum Gasteiger partial charge on any atom is -0.255 e. The number of pyridine rings is 8. The third-order valence-electron chi connectivity index (χ3n) is 36.7. The van der Waals surface area contributed by atoms with Gasteiger partial charge in [-0.25, -0.2) is 18.3 Å². The van der Waals surface area contributed by atoms with Crippen molar-refractivity contribution in [1.29, 1.82) is 0 Å². The molecule has 712 valence electrons.